The van der Waals surface area contributed by atoms with Gasteiger partial charge in [0.15, 0.2) is 5.96 Å². The monoisotopic (exact) mass is 524 g/mol. The van der Waals surface area contributed by atoms with E-state index in [2.05, 4.69) is 44.8 Å². The van der Waals surface area contributed by atoms with Crippen LogP contribution in [0.5, 0.6) is 0 Å². The van der Waals surface area contributed by atoms with Crippen LogP contribution in [0.15, 0.2) is 53.5 Å². The van der Waals surface area contributed by atoms with Crippen LogP contribution in [0.4, 0.5) is 10.1 Å². The summed E-state index contributed by atoms with van der Waals surface area (Å²) in [5.74, 6) is 0.599. The van der Waals surface area contributed by atoms with Gasteiger partial charge in [0, 0.05) is 44.3 Å². The number of hydrogen-bond donors (Lipinski definition) is 2. The number of guanidine groups is 1. The summed E-state index contributed by atoms with van der Waals surface area (Å²) in [6.07, 6.45) is 2.15. The number of ether oxygens (including phenoxy) is 1. The molecule has 162 valence electrons. The molecule has 0 bridgehead atoms. The average molecular weight is 524 g/mol. The zero-order valence-corrected chi connectivity index (χ0v) is 19.7. The van der Waals surface area contributed by atoms with Crippen molar-refractivity contribution in [3.63, 3.8) is 0 Å². The smallest absolute Gasteiger partial charge is 0.191 e. The quantitative estimate of drug-likeness (QED) is 0.344. The largest absolute Gasteiger partial charge is 0.378 e. The summed E-state index contributed by atoms with van der Waals surface area (Å²) < 4.78 is 19.0. The molecule has 4 rings (SSSR count). The number of aliphatic imine (C=N–C) groups is 1. The van der Waals surface area contributed by atoms with Crippen LogP contribution in [0.3, 0.4) is 0 Å². The molecular weight excluding hydrogens is 494 g/mol. The molecule has 7 heteroatoms. The molecule has 2 N–H and O–H groups in total. The Bertz CT molecular complexity index is 849. The Kier molecular flexibility index (Phi) is 7.93. The molecule has 0 amide bonds. The summed E-state index contributed by atoms with van der Waals surface area (Å²) in [5.41, 5.74) is 3.54. The lowest BCUT2D eigenvalue weighted by molar-refractivity contribution is 0.122. The zero-order valence-electron chi connectivity index (χ0n) is 17.4. The van der Waals surface area contributed by atoms with Gasteiger partial charge in [0.1, 0.15) is 5.82 Å². The van der Waals surface area contributed by atoms with E-state index >= 15 is 0 Å². The molecule has 5 nitrogen and oxygen atoms in total. The molecule has 0 atom stereocenters. The fourth-order valence-electron chi connectivity index (χ4n) is 3.84. The molecule has 0 unspecified atom stereocenters. The standard InChI is InChI=1S/C23H29FN4O.HI/c1-25-22(27-17-23(9-10-23)19-3-2-4-20(24)15-19)26-16-18-5-7-21(8-6-18)28-11-13-29-14-12-28;/h2-8,15H,9-14,16-17H2,1H3,(H2,25,26,27);1H. The van der Waals surface area contributed by atoms with E-state index in [0.29, 0.717) is 6.54 Å². The van der Waals surface area contributed by atoms with Crippen LogP contribution in [0.25, 0.3) is 0 Å². The molecule has 1 aliphatic heterocycles. The molecule has 0 aromatic heterocycles. The van der Waals surface area contributed by atoms with E-state index < -0.39 is 0 Å². The molecular formula is C23H30FIN4O. The second kappa shape index (κ2) is 10.4. The number of halogens is 2. The molecule has 1 saturated carbocycles. The number of rotatable bonds is 6. The summed E-state index contributed by atoms with van der Waals surface area (Å²) in [6, 6.07) is 15.6. The fourth-order valence-corrected chi connectivity index (χ4v) is 3.84. The van der Waals surface area contributed by atoms with Crippen molar-refractivity contribution in [2.24, 2.45) is 4.99 Å². The van der Waals surface area contributed by atoms with E-state index in [0.717, 1.165) is 57.2 Å². The molecule has 0 spiro atoms. The summed E-state index contributed by atoms with van der Waals surface area (Å²) in [7, 11) is 1.78. The Hall–Kier alpha value is -1.87. The highest BCUT2D eigenvalue weighted by Gasteiger charge is 2.44. The van der Waals surface area contributed by atoms with Crippen molar-refractivity contribution in [1.82, 2.24) is 10.6 Å². The topological polar surface area (TPSA) is 48.9 Å². The van der Waals surface area contributed by atoms with E-state index in [4.69, 9.17) is 4.74 Å². The van der Waals surface area contributed by atoms with Crippen LogP contribution in [0.2, 0.25) is 0 Å². The first kappa shape index (κ1) is 22.8. The van der Waals surface area contributed by atoms with Gasteiger partial charge in [-0.15, -0.1) is 24.0 Å². The van der Waals surface area contributed by atoms with E-state index in [1.807, 2.05) is 6.07 Å². The Balaban J connectivity index is 0.00000256. The predicted octanol–water partition coefficient (Wildman–Crippen LogP) is 3.68. The highest BCUT2D eigenvalue weighted by molar-refractivity contribution is 14.0. The summed E-state index contributed by atoms with van der Waals surface area (Å²) in [5, 5.41) is 6.80. The number of morpholine rings is 1. The van der Waals surface area contributed by atoms with Crippen LogP contribution in [-0.4, -0.2) is 45.9 Å². The lowest BCUT2D eigenvalue weighted by Gasteiger charge is -2.29. The minimum atomic E-state index is -0.170. The van der Waals surface area contributed by atoms with Gasteiger partial charge in [-0.05, 0) is 48.2 Å². The summed E-state index contributed by atoms with van der Waals surface area (Å²) in [6.45, 7) is 4.94. The summed E-state index contributed by atoms with van der Waals surface area (Å²) in [4.78, 5) is 6.68. The maximum absolute atomic E-state index is 13.6. The number of benzene rings is 2. The van der Waals surface area contributed by atoms with E-state index in [1.54, 1.807) is 19.2 Å². The van der Waals surface area contributed by atoms with Crippen LogP contribution in [0, 0.1) is 5.82 Å². The highest BCUT2D eigenvalue weighted by Crippen LogP contribution is 2.47. The first-order valence-electron chi connectivity index (χ1n) is 10.3. The van der Waals surface area contributed by atoms with Crippen molar-refractivity contribution in [2.75, 3.05) is 44.8 Å². The van der Waals surface area contributed by atoms with Crippen LogP contribution in [-0.2, 0) is 16.7 Å². The van der Waals surface area contributed by atoms with Crippen LogP contribution in [0.1, 0.15) is 24.0 Å². The second-order valence-electron chi connectivity index (χ2n) is 7.84. The number of nitrogens with one attached hydrogen (secondary N) is 2. The van der Waals surface area contributed by atoms with E-state index in [1.165, 1.54) is 17.3 Å². The molecule has 2 aromatic carbocycles. The van der Waals surface area contributed by atoms with Gasteiger partial charge in [0.05, 0.1) is 13.2 Å². The molecule has 2 aliphatic rings. The van der Waals surface area contributed by atoms with Crippen molar-refractivity contribution >= 4 is 35.6 Å². The van der Waals surface area contributed by atoms with Gasteiger partial charge in [0.25, 0.3) is 0 Å². The van der Waals surface area contributed by atoms with Crippen molar-refractivity contribution in [1.29, 1.82) is 0 Å². The van der Waals surface area contributed by atoms with Crippen LogP contribution < -0.4 is 15.5 Å². The highest BCUT2D eigenvalue weighted by atomic mass is 127. The number of anilines is 1. The van der Waals surface area contributed by atoms with Gasteiger partial charge in [-0.1, -0.05) is 24.3 Å². The fraction of sp³-hybridized carbons (Fsp3) is 0.435. The number of hydrogen-bond acceptors (Lipinski definition) is 3. The van der Waals surface area contributed by atoms with Crippen molar-refractivity contribution in [3.05, 3.63) is 65.5 Å². The second-order valence-corrected chi connectivity index (χ2v) is 7.84. The zero-order chi connectivity index (χ0) is 20.1. The average Bonchev–Trinajstić information content (AvgIpc) is 3.56. The summed E-state index contributed by atoms with van der Waals surface area (Å²) >= 11 is 0. The molecule has 30 heavy (non-hydrogen) atoms. The SMILES string of the molecule is CN=C(NCc1ccc(N2CCOCC2)cc1)NCC1(c2cccc(F)c2)CC1.I. The molecule has 1 aliphatic carbocycles. The van der Waals surface area contributed by atoms with Crippen molar-refractivity contribution < 1.29 is 9.13 Å². The third-order valence-electron chi connectivity index (χ3n) is 5.88. The van der Waals surface area contributed by atoms with Gasteiger partial charge in [-0.25, -0.2) is 4.39 Å². The Morgan fingerprint density at radius 1 is 1.10 bits per heavy atom. The molecule has 1 saturated heterocycles. The first-order chi connectivity index (χ1) is 14.2. The Labute approximate surface area is 195 Å². The molecule has 0 radical (unpaired) electrons. The predicted molar refractivity (Wildman–Crippen MR) is 130 cm³/mol. The van der Waals surface area contributed by atoms with Gasteiger partial charge < -0.3 is 20.3 Å². The van der Waals surface area contributed by atoms with E-state index in [9.17, 15) is 4.39 Å². The third-order valence-corrected chi connectivity index (χ3v) is 5.88. The maximum Gasteiger partial charge on any atom is 0.191 e. The van der Waals surface area contributed by atoms with Gasteiger partial charge in [-0.2, -0.15) is 0 Å². The van der Waals surface area contributed by atoms with Crippen LogP contribution >= 0.6 is 24.0 Å². The van der Waals surface area contributed by atoms with E-state index in [-0.39, 0.29) is 35.2 Å². The van der Waals surface area contributed by atoms with Gasteiger partial charge in [0.2, 0.25) is 0 Å². The minimum Gasteiger partial charge on any atom is -0.378 e. The van der Waals surface area contributed by atoms with Gasteiger partial charge in [-0.3, -0.25) is 4.99 Å². The van der Waals surface area contributed by atoms with Crippen molar-refractivity contribution in [3.8, 4) is 0 Å². The molecule has 2 aromatic rings. The Morgan fingerprint density at radius 3 is 2.47 bits per heavy atom. The number of nitrogens with zero attached hydrogens (tertiary/aromatic N) is 2. The Morgan fingerprint density at radius 2 is 1.83 bits per heavy atom. The lowest BCUT2D eigenvalue weighted by Crippen LogP contribution is -2.41. The van der Waals surface area contributed by atoms with Crippen molar-refractivity contribution in [2.45, 2.75) is 24.8 Å². The minimum absolute atomic E-state index is 0. The maximum atomic E-state index is 13.6. The van der Waals surface area contributed by atoms with Gasteiger partial charge >= 0.3 is 0 Å². The normalized spacial score (nSPS) is 17.8. The lowest BCUT2D eigenvalue weighted by atomic mass is 9.96. The first-order valence-corrected chi connectivity index (χ1v) is 10.3. The third kappa shape index (κ3) is 5.63. The molecule has 2 fully saturated rings. The molecule has 1 heterocycles.